The Labute approximate surface area is 144 Å². The van der Waals surface area contributed by atoms with Crippen molar-refractivity contribution in [1.29, 1.82) is 0 Å². The van der Waals surface area contributed by atoms with E-state index in [0.29, 0.717) is 26.3 Å². The molecule has 2 aromatic carbocycles. The van der Waals surface area contributed by atoms with Crippen molar-refractivity contribution in [1.82, 2.24) is 5.32 Å². The zero-order valence-electron chi connectivity index (χ0n) is 13.2. The number of hydrogen-bond donors (Lipinski definition) is 2. The second-order valence-corrected chi connectivity index (χ2v) is 6.93. The maximum atomic E-state index is 10.4. The fourth-order valence-corrected chi connectivity index (χ4v) is 3.87. The summed E-state index contributed by atoms with van der Waals surface area (Å²) in [4.78, 5) is 0.992. The molecule has 0 saturated heterocycles. The lowest BCUT2D eigenvalue weighted by Crippen LogP contribution is -2.21. The Morgan fingerprint density at radius 2 is 1.88 bits per heavy atom. The van der Waals surface area contributed by atoms with Gasteiger partial charge in [-0.1, -0.05) is 24.3 Å². The van der Waals surface area contributed by atoms with E-state index >= 15 is 0 Å². The van der Waals surface area contributed by atoms with Crippen LogP contribution >= 0.6 is 11.3 Å². The minimum absolute atomic E-state index is 0.500. The van der Waals surface area contributed by atoms with Crippen LogP contribution in [-0.2, 0) is 6.54 Å². The molecule has 1 aliphatic heterocycles. The summed E-state index contributed by atoms with van der Waals surface area (Å²) >= 11 is 1.64. The SMILES string of the molecule is OC(CNCc1ccc2c(c1)OCCO2)c1cc2ccccc2s1. The molecule has 0 fully saturated rings. The maximum absolute atomic E-state index is 10.4. The number of aliphatic hydroxyl groups excluding tert-OH is 1. The molecule has 4 rings (SSSR count). The summed E-state index contributed by atoms with van der Waals surface area (Å²) in [6.45, 7) is 2.39. The highest BCUT2D eigenvalue weighted by molar-refractivity contribution is 7.19. The molecule has 1 aromatic heterocycles. The molecule has 1 atom stereocenters. The molecule has 5 heteroatoms. The van der Waals surface area contributed by atoms with Crippen LogP contribution in [0.3, 0.4) is 0 Å². The van der Waals surface area contributed by atoms with Crippen LogP contribution in [0.4, 0.5) is 0 Å². The smallest absolute Gasteiger partial charge is 0.161 e. The van der Waals surface area contributed by atoms with Gasteiger partial charge in [-0.15, -0.1) is 11.3 Å². The largest absolute Gasteiger partial charge is 0.486 e. The molecular formula is C19H19NO3S. The molecule has 1 aliphatic rings. The van der Waals surface area contributed by atoms with Gasteiger partial charge in [0.1, 0.15) is 19.3 Å². The first kappa shape index (κ1) is 15.4. The molecule has 0 aliphatic carbocycles. The molecule has 1 unspecified atom stereocenters. The molecule has 2 heterocycles. The summed E-state index contributed by atoms with van der Waals surface area (Å²) in [7, 11) is 0. The number of hydrogen-bond acceptors (Lipinski definition) is 5. The van der Waals surface area contributed by atoms with Gasteiger partial charge in [-0.25, -0.2) is 0 Å². The number of nitrogens with one attached hydrogen (secondary N) is 1. The number of ether oxygens (including phenoxy) is 2. The van der Waals surface area contributed by atoms with Gasteiger partial charge in [-0.3, -0.25) is 0 Å². The summed E-state index contributed by atoms with van der Waals surface area (Å²) in [5.74, 6) is 1.60. The van der Waals surface area contributed by atoms with Crippen LogP contribution in [0.25, 0.3) is 10.1 Å². The minimum atomic E-state index is -0.500. The van der Waals surface area contributed by atoms with E-state index in [2.05, 4.69) is 23.5 Å². The fraction of sp³-hybridized carbons (Fsp3) is 0.263. The molecule has 0 amide bonds. The van der Waals surface area contributed by atoms with E-state index < -0.39 is 6.10 Å². The fourth-order valence-electron chi connectivity index (χ4n) is 2.82. The van der Waals surface area contributed by atoms with E-state index in [1.807, 2.05) is 30.3 Å². The van der Waals surface area contributed by atoms with Crippen LogP contribution in [-0.4, -0.2) is 24.9 Å². The van der Waals surface area contributed by atoms with Gasteiger partial charge < -0.3 is 19.9 Å². The summed E-state index contributed by atoms with van der Waals surface area (Å²) in [6, 6.07) is 16.2. The van der Waals surface area contributed by atoms with Gasteiger partial charge >= 0.3 is 0 Å². The van der Waals surface area contributed by atoms with Gasteiger partial charge in [0.2, 0.25) is 0 Å². The van der Waals surface area contributed by atoms with E-state index in [9.17, 15) is 5.11 Å². The summed E-state index contributed by atoms with van der Waals surface area (Å²) in [5.41, 5.74) is 1.11. The molecular weight excluding hydrogens is 322 g/mol. The minimum Gasteiger partial charge on any atom is -0.486 e. The van der Waals surface area contributed by atoms with E-state index in [4.69, 9.17) is 9.47 Å². The van der Waals surface area contributed by atoms with Crippen molar-refractivity contribution < 1.29 is 14.6 Å². The average molecular weight is 341 g/mol. The number of rotatable bonds is 5. The summed E-state index contributed by atoms with van der Waals surface area (Å²) < 4.78 is 12.3. The second-order valence-electron chi connectivity index (χ2n) is 5.81. The predicted octanol–water partition coefficient (Wildman–Crippen LogP) is 3.50. The third kappa shape index (κ3) is 3.24. The topological polar surface area (TPSA) is 50.7 Å². The highest BCUT2D eigenvalue weighted by Gasteiger charge is 2.13. The van der Waals surface area contributed by atoms with E-state index in [1.165, 1.54) is 10.1 Å². The van der Waals surface area contributed by atoms with E-state index in [-0.39, 0.29) is 0 Å². The number of thiophene rings is 1. The third-order valence-corrected chi connectivity index (χ3v) is 5.26. The highest BCUT2D eigenvalue weighted by atomic mass is 32.1. The summed E-state index contributed by atoms with van der Waals surface area (Å²) in [6.07, 6.45) is -0.500. The number of aliphatic hydroxyl groups is 1. The first-order valence-electron chi connectivity index (χ1n) is 8.05. The number of fused-ring (bicyclic) bond motifs is 2. The van der Waals surface area contributed by atoms with Gasteiger partial charge in [0.25, 0.3) is 0 Å². The monoisotopic (exact) mass is 341 g/mol. The first-order valence-corrected chi connectivity index (χ1v) is 8.87. The van der Waals surface area contributed by atoms with Gasteiger partial charge in [0, 0.05) is 22.7 Å². The van der Waals surface area contributed by atoms with Crippen LogP contribution < -0.4 is 14.8 Å². The predicted molar refractivity (Wildman–Crippen MR) is 95.9 cm³/mol. The molecule has 0 saturated carbocycles. The van der Waals surface area contributed by atoms with E-state index in [0.717, 1.165) is 21.9 Å². The molecule has 0 bridgehead atoms. The highest BCUT2D eigenvalue weighted by Crippen LogP contribution is 2.31. The second kappa shape index (κ2) is 6.81. The molecule has 3 aromatic rings. The molecule has 24 heavy (non-hydrogen) atoms. The van der Waals surface area contributed by atoms with Crippen molar-refractivity contribution in [2.75, 3.05) is 19.8 Å². The normalized spacial score (nSPS) is 14.7. The Kier molecular flexibility index (Phi) is 4.38. The Morgan fingerprint density at radius 3 is 2.75 bits per heavy atom. The first-order chi connectivity index (χ1) is 11.8. The third-order valence-electron chi connectivity index (χ3n) is 4.05. The maximum Gasteiger partial charge on any atom is 0.161 e. The Morgan fingerprint density at radius 1 is 1.04 bits per heavy atom. The zero-order valence-corrected chi connectivity index (χ0v) is 14.0. The lowest BCUT2D eigenvalue weighted by atomic mass is 10.2. The molecule has 4 nitrogen and oxygen atoms in total. The van der Waals surface area contributed by atoms with Crippen LogP contribution in [0.1, 0.15) is 16.5 Å². The van der Waals surface area contributed by atoms with E-state index in [1.54, 1.807) is 11.3 Å². The van der Waals surface area contributed by atoms with Crippen LogP contribution in [0.2, 0.25) is 0 Å². The Balaban J connectivity index is 1.36. The lowest BCUT2D eigenvalue weighted by Gasteiger charge is -2.19. The van der Waals surface area contributed by atoms with Gasteiger partial charge in [-0.05, 0) is 35.2 Å². The van der Waals surface area contributed by atoms with Crippen molar-refractivity contribution in [3.05, 3.63) is 59.0 Å². The van der Waals surface area contributed by atoms with Crippen molar-refractivity contribution in [3.8, 4) is 11.5 Å². The number of benzene rings is 2. The Bertz CT molecular complexity index is 812. The van der Waals surface area contributed by atoms with Crippen LogP contribution in [0.15, 0.2) is 48.5 Å². The quantitative estimate of drug-likeness (QED) is 0.746. The van der Waals surface area contributed by atoms with Crippen molar-refractivity contribution in [2.24, 2.45) is 0 Å². The van der Waals surface area contributed by atoms with Gasteiger partial charge in [-0.2, -0.15) is 0 Å². The van der Waals surface area contributed by atoms with Crippen molar-refractivity contribution in [3.63, 3.8) is 0 Å². The standard InChI is InChI=1S/C19H19NO3S/c21-15(19-10-14-3-1-2-4-18(14)24-19)12-20-11-13-5-6-16-17(9-13)23-8-7-22-16/h1-6,9-10,15,20-21H,7-8,11-12H2. The Hall–Kier alpha value is -2.08. The molecule has 124 valence electrons. The molecule has 0 radical (unpaired) electrons. The van der Waals surface area contributed by atoms with Crippen LogP contribution in [0, 0.1) is 0 Å². The molecule has 2 N–H and O–H groups in total. The van der Waals surface area contributed by atoms with Crippen molar-refractivity contribution >= 4 is 21.4 Å². The average Bonchev–Trinajstić information content (AvgIpc) is 3.06. The van der Waals surface area contributed by atoms with Gasteiger partial charge in [0.05, 0.1) is 0 Å². The molecule has 0 spiro atoms. The van der Waals surface area contributed by atoms with Gasteiger partial charge in [0.15, 0.2) is 11.5 Å². The van der Waals surface area contributed by atoms with Crippen LogP contribution in [0.5, 0.6) is 11.5 Å². The zero-order chi connectivity index (χ0) is 16.4. The lowest BCUT2D eigenvalue weighted by molar-refractivity contribution is 0.171. The van der Waals surface area contributed by atoms with Crippen molar-refractivity contribution in [2.45, 2.75) is 12.6 Å². The summed E-state index contributed by atoms with van der Waals surface area (Å²) in [5, 5.41) is 14.9.